The van der Waals surface area contributed by atoms with Crippen molar-refractivity contribution < 1.29 is 9.59 Å². The van der Waals surface area contributed by atoms with Crippen molar-refractivity contribution in [2.75, 3.05) is 0 Å². The first-order chi connectivity index (χ1) is 16.9. The van der Waals surface area contributed by atoms with E-state index in [-0.39, 0.29) is 0 Å². The van der Waals surface area contributed by atoms with Crippen LogP contribution in [0.4, 0.5) is 0 Å². The molecule has 0 fully saturated rings. The maximum atomic E-state index is 11.6. The zero-order valence-electron chi connectivity index (χ0n) is 22.3. The molecule has 5 nitrogen and oxygen atoms in total. The molecule has 35 heavy (non-hydrogen) atoms. The molecule has 0 spiro atoms. The van der Waals surface area contributed by atoms with Crippen molar-refractivity contribution in [1.29, 1.82) is 0 Å². The number of aldehydes is 2. The van der Waals surface area contributed by atoms with Crippen LogP contribution in [0.3, 0.4) is 0 Å². The lowest BCUT2D eigenvalue weighted by Gasteiger charge is -2.02. The number of hydrogen-bond donors (Lipinski definition) is 3. The lowest BCUT2D eigenvalue weighted by molar-refractivity contribution is 0.111. The molecule has 3 N–H and O–H groups in total. The second kappa shape index (κ2) is 12.1. The minimum absolute atomic E-state index is 0.665. The van der Waals surface area contributed by atoms with E-state index in [1.165, 1.54) is 22.3 Å². The summed E-state index contributed by atoms with van der Waals surface area (Å²) < 4.78 is 0. The van der Waals surface area contributed by atoms with E-state index in [1.54, 1.807) is 0 Å². The number of aromatic amines is 3. The zero-order chi connectivity index (χ0) is 25.5. The van der Waals surface area contributed by atoms with Gasteiger partial charge in [0.05, 0.1) is 11.4 Å². The van der Waals surface area contributed by atoms with Crippen LogP contribution in [-0.2, 0) is 25.7 Å². The van der Waals surface area contributed by atoms with E-state index in [1.807, 2.05) is 13.8 Å². The van der Waals surface area contributed by atoms with Crippen molar-refractivity contribution in [3.8, 4) is 0 Å². The molecule has 3 aromatic heterocycles. The van der Waals surface area contributed by atoms with Crippen LogP contribution in [0.1, 0.15) is 119 Å². The average Bonchev–Trinajstić information content (AvgIpc) is 3.46. The summed E-state index contributed by atoms with van der Waals surface area (Å²) in [7, 11) is 0. The minimum atomic E-state index is 0.665. The smallest absolute Gasteiger partial charge is 0.166 e. The van der Waals surface area contributed by atoms with Crippen LogP contribution in [0.25, 0.3) is 12.2 Å². The summed E-state index contributed by atoms with van der Waals surface area (Å²) in [5, 5.41) is 2.17. The molecule has 0 amide bonds. The van der Waals surface area contributed by atoms with Crippen molar-refractivity contribution in [2.24, 2.45) is 0 Å². The molecule has 3 heterocycles. The second-order valence-corrected chi connectivity index (χ2v) is 9.46. The van der Waals surface area contributed by atoms with E-state index < -0.39 is 0 Å². The monoisotopic (exact) mass is 475 g/mol. The first-order valence-electron chi connectivity index (χ1n) is 13.2. The highest BCUT2D eigenvalue weighted by Crippen LogP contribution is 2.22. The molecule has 0 aliphatic rings. The summed E-state index contributed by atoms with van der Waals surface area (Å²) >= 11 is 0. The van der Waals surface area contributed by atoms with Crippen LogP contribution in [0.2, 0.25) is 0 Å². The van der Waals surface area contributed by atoms with E-state index in [0.717, 1.165) is 97.2 Å². The van der Waals surface area contributed by atoms with Gasteiger partial charge in [-0.3, -0.25) is 9.59 Å². The van der Waals surface area contributed by atoms with Crippen molar-refractivity contribution in [3.05, 3.63) is 66.9 Å². The number of rotatable bonds is 12. The van der Waals surface area contributed by atoms with Crippen LogP contribution in [0.15, 0.2) is 0 Å². The van der Waals surface area contributed by atoms with E-state index in [2.05, 4.69) is 54.8 Å². The molecule has 0 bridgehead atoms. The lowest BCUT2D eigenvalue weighted by Crippen LogP contribution is -2.13. The first-order valence-corrected chi connectivity index (χ1v) is 13.2. The topological polar surface area (TPSA) is 81.5 Å². The van der Waals surface area contributed by atoms with Crippen LogP contribution in [0, 0.1) is 13.8 Å². The van der Waals surface area contributed by atoms with Gasteiger partial charge in [-0.1, -0.05) is 40.5 Å². The number of nitrogens with one attached hydrogen (secondary N) is 3. The number of hydrogen-bond acceptors (Lipinski definition) is 2. The lowest BCUT2D eigenvalue weighted by atomic mass is 10.0. The Morgan fingerprint density at radius 2 is 0.971 bits per heavy atom. The van der Waals surface area contributed by atoms with Crippen molar-refractivity contribution >= 4 is 24.7 Å². The average molecular weight is 476 g/mol. The number of aromatic nitrogens is 3. The summed E-state index contributed by atoms with van der Waals surface area (Å²) in [4.78, 5) is 33.6. The fourth-order valence-electron chi connectivity index (χ4n) is 5.16. The SMILES string of the molecule is CCCCc1c(/C=c2\[nH]/c(=C\c3[nH]c(C=O)c(C)c3CCCC)c(CC)c2CC)[nH]c(C=O)c1C. The van der Waals surface area contributed by atoms with Gasteiger partial charge < -0.3 is 15.0 Å². The van der Waals surface area contributed by atoms with Gasteiger partial charge in [0.25, 0.3) is 0 Å². The Kier molecular flexibility index (Phi) is 9.13. The van der Waals surface area contributed by atoms with Crippen LogP contribution >= 0.6 is 0 Å². The quantitative estimate of drug-likeness (QED) is 0.307. The first kappa shape index (κ1) is 26.5. The van der Waals surface area contributed by atoms with E-state index in [4.69, 9.17) is 0 Å². The van der Waals surface area contributed by atoms with E-state index in [9.17, 15) is 9.59 Å². The molecule has 0 atom stereocenters. The summed E-state index contributed by atoms with van der Waals surface area (Å²) in [6, 6.07) is 0. The van der Waals surface area contributed by atoms with Gasteiger partial charge >= 0.3 is 0 Å². The Hall–Kier alpha value is -3.08. The van der Waals surface area contributed by atoms with Gasteiger partial charge in [0.2, 0.25) is 0 Å². The highest BCUT2D eigenvalue weighted by atomic mass is 16.1. The third-order valence-electron chi connectivity index (χ3n) is 7.27. The fraction of sp³-hybridized carbons (Fsp3) is 0.467. The van der Waals surface area contributed by atoms with Crippen molar-refractivity contribution in [2.45, 2.75) is 92.9 Å². The maximum absolute atomic E-state index is 11.6. The summed E-state index contributed by atoms with van der Waals surface area (Å²) in [5.41, 5.74) is 10.5. The van der Waals surface area contributed by atoms with Gasteiger partial charge in [0, 0.05) is 22.1 Å². The molecule has 5 heteroatoms. The third-order valence-corrected chi connectivity index (χ3v) is 7.27. The molecule has 188 valence electrons. The number of carbonyl (C=O) groups is 2. The largest absolute Gasteiger partial charge is 0.355 e. The Bertz CT molecular complexity index is 1200. The van der Waals surface area contributed by atoms with Crippen molar-refractivity contribution in [3.63, 3.8) is 0 Å². The van der Waals surface area contributed by atoms with Gasteiger partial charge in [-0.25, -0.2) is 0 Å². The van der Waals surface area contributed by atoms with E-state index >= 15 is 0 Å². The minimum Gasteiger partial charge on any atom is -0.355 e. The number of unbranched alkanes of at least 4 members (excludes halogenated alkanes) is 2. The van der Waals surface area contributed by atoms with E-state index in [0.29, 0.717) is 11.4 Å². The van der Waals surface area contributed by atoms with Crippen LogP contribution < -0.4 is 10.7 Å². The molecular formula is C30H41N3O2. The molecule has 3 aromatic rings. The number of H-pyrrole nitrogens is 3. The van der Waals surface area contributed by atoms with Crippen LogP contribution in [0.5, 0.6) is 0 Å². The molecule has 0 radical (unpaired) electrons. The summed E-state index contributed by atoms with van der Waals surface area (Å²) in [6.07, 6.45) is 14.3. The van der Waals surface area contributed by atoms with Gasteiger partial charge in [-0.15, -0.1) is 0 Å². The normalized spacial score (nSPS) is 12.6. The van der Waals surface area contributed by atoms with Gasteiger partial charge in [-0.2, -0.15) is 0 Å². The predicted octanol–water partition coefficient (Wildman–Crippen LogP) is 5.38. The van der Waals surface area contributed by atoms with Crippen molar-refractivity contribution in [1.82, 2.24) is 15.0 Å². The Labute approximate surface area is 209 Å². The molecule has 3 rings (SSSR count). The van der Waals surface area contributed by atoms with Gasteiger partial charge in [0.1, 0.15) is 0 Å². The standard InChI is InChI=1S/C30H41N3O2/c1-7-11-13-23-19(5)29(17-34)32-27(23)15-25-21(9-3)22(10-4)26(31-25)16-28-24(14-12-8-2)20(6)30(18-35)33-28/h15-18,31-33H,7-14H2,1-6H3/b25-15-,26-16-. The van der Waals surface area contributed by atoms with Gasteiger partial charge in [-0.05, 0) is 97.9 Å². The molecular weight excluding hydrogens is 434 g/mol. The predicted molar refractivity (Wildman–Crippen MR) is 145 cm³/mol. The second-order valence-electron chi connectivity index (χ2n) is 9.46. The molecule has 0 saturated carbocycles. The Morgan fingerprint density at radius 1 is 0.571 bits per heavy atom. The Morgan fingerprint density at radius 3 is 1.29 bits per heavy atom. The van der Waals surface area contributed by atoms with Crippen LogP contribution in [-0.4, -0.2) is 27.5 Å². The summed E-state index contributed by atoms with van der Waals surface area (Å²) in [6.45, 7) is 12.8. The van der Waals surface area contributed by atoms with Gasteiger partial charge in [0.15, 0.2) is 12.6 Å². The number of carbonyl (C=O) groups excluding carboxylic acids is 2. The Balaban J connectivity index is 2.24. The highest BCUT2D eigenvalue weighted by Gasteiger charge is 2.15. The fourth-order valence-corrected chi connectivity index (χ4v) is 5.16. The third kappa shape index (κ3) is 5.44. The molecule has 0 saturated heterocycles. The molecule has 0 aliphatic heterocycles. The zero-order valence-corrected chi connectivity index (χ0v) is 22.3. The maximum Gasteiger partial charge on any atom is 0.166 e. The highest BCUT2D eigenvalue weighted by molar-refractivity contribution is 5.78. The molecule has 0 unspecified atom stereocenters. The molecule has 0 aromatic carbocycles. The summed E-state index contributed by atoms with van der Waals surface area (Å²) in [5.74, 6) is 0. The molecule has 0 aliphatic carbocycles.